The maximum atomic E-state index is 11.9. The largest absolute Gasteiger partial charge is 0.397 e. The van der Waals surface area contributed by atoms with Crippen LogP contribution in [0.15, 0.2) is 0 Å². The molecule has 0 spiro atoms. The number of unbranched alkanes of at least 4 members (excludes halogenated alkanes) is 7. The fourth-order valence-electron chi connectivity index (χ4n) is 2.23. The van der Waals surface area contributed by atoms with Gasteiger partial charge in [-0.3, -0.25) is 13.9 Å². The van der Waals surface area contributed by atoms with Crippen LogP contribution in [0.4, 0.5) is 0 Å². The molecule has 1 radical (unpaired) electrons. The number of amides is 1. The molecule has 0 saturated carbocycles. The third-order valence-corrected chi connectivity index (χ3v) is 4.70. The Kier molecular flexibility index (Phi) is 18.5. The molecule has 0 heterocycles. The summed E-state index contributed by atoms with van der Waals surface area (Å²) in [6.07, 6.45) is 8.31. The molecule has 28 heavy (non-hydrogen) atoms. The van der Waals surface area contributed by atoms with Gasteiger partial charge in [0.05, 0.1) is 19.3 Å². The molecule has 0 aliphatic carbocycles. The predicted molar refractivity (Wildman–Crippen MR) is 102 cm³/mol. The molecule has 173 valence electrons. The standard InChI is InChI=1S/C14H29NO9S3.Au/c16-14(9-7-5-3-1-2-4-6-8-10-25)15-13(11-23-26(17,18)19)12-24-27(20,21)22;/h13,25H,1-12H2,(H,15,16)(H,17,18,19)(H,20,21,22);. The van der Waals surface area contributed by atoms with Crippen molar-refractivity contribution in [2.75, 3.05) is 19.0 Å². The van der Waals surface area contributed by atoms with Crippen LogP contribution in [0.5, 0.6) is 0 Å². The van der Waals surface area contributed by atoms with Gasteiger partial charge in [0.25, 0.3) is 0 Å². The van der Waals surface area contributed by atoms with E-state index in [1.54, 1.807) is 0 Å². The maximum Gasteiger partial charge on any atom is 0.397 e. The molecule has 0 fully saturated rings. The Morgan fingerprint density at radius 1 is 0.821 bits per heavy atom. The minimum absolute atomic E-state index is 0. The second-order valence-electron chi connectivity index (χ2n) is 5.99. The molecular formula is C14H29AuNO9S3. The molecule has 0 aromatic heterocycles. The smallest absolute Gasteiger partial charge is 0.349 e. The van der Waals surface area contributed by atoms with Crippen LogP contribution in [0, 0.1) is 0 Å². The number of rotatable bonds is 17. The van der Waals surface area contributed by atoms with E-state index >= 15 is 0 Å². The number of thiol groups is 1. The van der Waals surface area contributed by atoms with Crippen LogP contribution in [0.3, 0.4) is 0 Å². The van der Waals surface area contributed by atoms with Crippen molar-refractivity contribution in [3.8, 4) is 0 Å². The van der Waals surface area contributed by atoms with Crippen molar-refractivity contribution >= 4 is 39.3 Å². The molecule has 0 saturated heterocycles. The molecule has 14 heteroatoms. The Morgan fingerprint density at radius 3 is 1.61 bits per heavy atom. The number of nitrogens with one attached hydrogen (secondary N) is 1. The summed E-state index contributed by atoms with van der Waals surface area (Å²) < 4.78 is 67.7. The normalized spacial score (nSPS) is 12.0. The minimum atomic E-state index is -4.77. The Bertz CT molecular complexity index is 578. The van der Waals surface area contributed by atoms with Crippen molar-refractivity contribution in [3.05, 3.63) is 0 Å². The van der Waals surface area contributed by atoms with Crippen LogP contribution >= 0.6 is 12.6 Å². The van der Waals surface area contributed by atoms with Gasteiger partial charge in [0.15, 0.2) is 0 Å². The van der Waals surface area contributed by atoms with E-state index in [0.29, 0.717) is 6.42 Å². The van der Waals surface area contributed by atoms with E-state index in [1.807, 2.05) is 0 Å². The average molecular weight is 649 g/mol. The summed E-state index contributed by atoms with van der Waals surface area (Å²) in [7, 11) is -9.54. The maximum absolute atomic E-state index is 11.9. The Labute approximate surface area is 188 Å². The van der Waals surface area contributed by atoms with Gasteiger partial charge in [-0.05, 0) is 18.6 Å². The van der Waals surface area contributed by atoms with E-state index in [-0.39, 0.29) is 28.8 Å². The molecule has 0 aliphatic heterocycles. The third-order valence-electron chi connectivity index (χ3n) is 3.51. The Morgan fingerprint density at radius 2 is 1.21 bits per heavy atom. The van der Waals surface area contributed by atoms with Crippen molar-refractivity contribution in [1.29, 1.82) is 0 Å². The molecular weight excluding hydrogens is 619 g/mol. The second-order valence-corrected chi connectivity index (χ2v) is 8.62. The van der Waals surface area contributed by atoms with E-state index in [1.165, 1.54) is 12.8 Å². The molecule has 10 nitrogen and oxygen atoms in total. The van der Waals surface area contributed by atoms with Crippen LogP contribution < -0.4 is 5.32 Å². The molecule has 0 aliphatic rings. The first kappa shape index (κ1) is 30.5. The van der Waals surface area contributed by atoms with Crippen molar-refractivity contribution in [1.82, 2.24) is 5.32 Å². The number of carbonyl (C=O) groups is 1. The zero-order chi connectivity index (χ0) is 20.8. The summed E-state index contributed by atoms with van der Waals surface area (Å²) in [6, 6.07) is -1.19. The molecule has 0 bridgehead atoms. The van der Waals surface area contributed by atoms with E-state index < -0.39 is 46.0 Å². The summed E-state index contributed by atoms with van der Waals surface area (Å²) in [4.78, 5) is 11.9. The van der Waals surface area contributed by atoms with Gasteiger partial charge in [-0.1, -0.05) is 38.5 Å². The van der Waals surface area contributed by atoms with Gasteiger partial charge >= 0.3 is 20.8 Å². The molecule has 0 aromatic rings. The van der Waals surface area contributed by atoms with Crippen LogP contribution in [-0.2, 0) is 56.3 Å². The van der Waals surface area contributed by atoms with E-state index in [2.05, 4.69) is 26.3 Å². The van der Waals surface area contributed by atoms with Gasteiger partial charge in [-0.25, -0.2) is 8.37 Å². The fourth-order valence-corrected chi connectivity index (χ4v) is 3.12. The summed E-state index contributed by atoms with van der Waals surface area (Å²) in [6.45, 7) is -1.49. The molecule has 0 unspecified atom stereocenters. The molecule has 0 aromatic carbocycles. The first-order valence-corrected chi connectivity index (χ1v) is 12.0. The summed E-state index contributed by atoms with van der Waals surface area (Å²) in [5.74, 6) is 0.451. The molecule has 1 amide bonds. The SMILES string of the molecule is O=C(CCCCCCCCCCS)NC(COS(=O)(=O)O)COS(=O)(=O)O.[Au]. The fraction of sp³-hybridized carbons (Fsp3) is 0.929. The zero-order valence-electron chi connectivity index (χ0n) is 15.4. The number of hydrogen-bond donors (Lipinski definition) is 4. The summed E-state index contributed by atoms with van der Waals surface area (Å²) in [5.41, 5.74) is 0. The predicted octanol–water partition coefficient (Wildman–Crippen LogP) is 1.55. The molecule has 3 N–H and O–H groups in total. The van der Waals surface area contributed by atoms with E-state index in [9.17, 15) is 21.6 Å². The summed E-state index contributed by atoms with van der Waals surface area (Å²) in [5, 5.41) is 2.34. The minimum Gasteiger partial charge on any atom is -0.349 e. The third kappa shape index (κ3) is 22.6. The Hall–Kier alpha value is 0.300. The molecule has 0 atom stereocenters. The van der Waals surface area contributed by atoms with Gasteiger partial charge in [0, 0.05) is 28.8 Å². The first-order chi connectivity index (χ1) is 12.5. The zero-order valence-corrected chi connectivity index (χ0v) is 20.1. The number of carbonyl (C=O) groups excluding carboxylic acids is 1. The average Bonchev–Trinajstić information content (AvgIpc) is 2.54. The van der Waals surface area contributed by atoms with Crippen molar-refractivity contribution in [2.24, 2.45) is 0 Å². The van der Waals surface area contributed by atoms with Crippen LogP contribution in [0.1, 0.15) is 57.8 Å². The van der Waals surface area contributed by atoms with Gasteiger partial charge in [0.2, 0.25) is 5.91 Å². The topological polar surface area (TPSA) is 156 Å². The van der Waals surface area contributed by atoms with Crippen molar-refractivity contribution in [3.63, 3.8) is 0 Å². The quantitative estimate of drug-likeness (QED) is 0.0796. The van der Waals surface area contributed by atoms with Crippen molar-refractivity contribution in [2.45, 2.75) is 63.8 Å². The molecule has 0 rings (SSSR count). The second kappa shape index (κ2) is 17.0. The number of hydrogen-bond acceptors (Lipinski definition) is 8. The van der Waals surface area contributed by atoms with Crippen LogP contribution in [-0.4, -0.2) is 56.9 Å². The van der Waals surface area contributed by atoms with E-state index in [4.69, 9.17) is 9.11 Å². The van der Waals surface area contributed by atoms with Crippen molar-refractivity contribution < 1.29 is 61.5 Å². The summed E-state index contributed by atoms with van der Waals surface area (Å²) >= 11 is 4.15. The van der Waals surface area contributed by atoms with Crippen LogP contribution in [0.25, 0.3) is 0 Å². The first-order valence-electron chi connectivity index (χ1n) is 8.67. The van der Waals surface area contributed by atoms with E-state index in [0.717, 1.165) is 37.9 Å². The monoisotopic (exact) mass is 648 g/mol. The Balaban J connectivity index is 0. The van der Waals surface area contributed by atoms with Gasteiger partial charge < -0.3 is 5.32 Å². The van der Waals surface area contributed by atoms with Gasteiger partial charge in [0.1, 0.15) is 0 Å². The van der Waals surface area contributed by atoms with Gasteiger partial charge in [-0.2, -0.15) is 29.5 Å². The van der Waals surface area contributed by atoms with Gasteiger partial charge in [-0.15, -0.1) is 0 Å². The van der Waals surface area contributed by atoms with Crippen LogP contribution in [0.2, 0.25) is 0 Å².